The third-order valence-corrected chi connectivity index (χ3v) is 5.01. The number of morpholine rings is 1. The number of halogens is 1. The van der Waals surface area contributed by atoms with Gasteiger partial charge in [-0.25, -0.2) is 4.99 Å². The Hall–Kier alpha value is -2.04. The number of aliphatic imine (C=N–C) groups is 1. The number of benzene rings is 2. The maximum absolute atomic E-state index is 5.46. The average Bonchev–Trinajstić information content (AvgIpc) is 2.79. The molecule has 0 bridgehead atoms. The van der Waals surface area contributed by atoms with Crippen molar-refractivity contribution >= 4 is 35.6 Å². The summed E-state index contributed by atoms with van der Waals surface area (Å²) in [7, 11) is 3.26. The van der Waals surface area contributed by atoms with Crippen molar-refractivity contribution in [3.8, 4) is 11.5 Å². The van der Waals surface area contributed by atoms with Gasteiger partial charge in [0.1, 0.15) is 0 Å². The lowest BCUT2D eigenvalue weighted by Crippen LogP contribution is -2.35. The minimum atomic E-state index is 0. The molecular weight excluding hydrogens is 507 g/mol. The van der Waals surface area contributed by atoms with E-state index >= 15 is 0 Å². The van der Waals surface area contributed by atoms with Gasteiger partial charge in [0, 0.05) is 37.9 Å². The lowest BCUT2D eigenvalue weighted by Gasteiger charge is -2.27. The molecule has 3 rings (SSSR count). The minimum Gasteiger partial charge on any atom is -0.493 e. The standard InChI is InChI=1S/C23H32N4O3.HI/c1-4-24-23(26-20-9-10-21(28-2)22(15-20)29-3)25-16-18-7-5-6-8-19(18)17-27-11-13-30-14-12-27;/h5-10,15H,4,11-14,16-17H2,1-3H3,(H2,24,25,26);1H. The molecule has 1 fully saturated rings. The van der Waals surface area contributed by atoms with Crippen LogP contribution in [-0.4, -0.2) is 57.9 Å². The lowest BCUT2D eigenvalue weighted by atomic mass is 10.1. The Bertz CT molecular complexity index is 841. The van der Waals surface area contributed by atoms with Crippen molar-refractivity contribution in [2.24, 2.45) is 4.99 Å². The van der Waals surface area contributed by atoms with E-state index in [1.807, 2.05) is 18.2 Å². The smallest absolute Gasteiger partial charge is 0.196 e. The van der Waals surface area contributed by atoms with Gasteiger partial charge in [0.25, 0.3) is 0 Å². The molecule has 170 valence electrons. The summed E-state index contributed by atoms with van der Waals surface area (Å²) in [6, 6.07) is 14.2. The summed E-state index contributed by atoms with van der Waals surface area (Å²) in [6.07, 6.45) is 0. The van der Waals surface area contributed by atoms with Crippen molar-refractivity contribution < 1.29 is 14.2 Å². The Morgan fingerprint density at radius 1 is 1.03 bits per heavy atom. The molecule has 0 spiro atoms. The Morgan fingerprint density at radius 2 is 1.74 bits per heavy atom. The summed E-state index contributed by atoms with van der Waals surface area (Å²) in [6.45, 7) is 7.91. The van der Waals surface area contributed by atoms with Gasteiger partial charge in [-0.2, -0.15) is 0 Å². The largest absolute Gasteiger partial charge is 0.493 e. The Morgan fingerprint density at radius 3 is 2.42 bits per heavy atom. The first kappa shape index (κ1) is 25.2. The monoisotopic (exact) mass is 540 g/mol. The first-order valence-electron chi connectivity index (χ1n) is 10.4. The molecule has 1 saturated heterocycles. The zero-order chi connectivity index (χ0) is 21.2. The van der Waals surface area contributed by atoms with Gasteiger partial charge < -0.3 is 24.8 Å². The van der Waals surface area contributed by atoms with Crippen molar-refractivity contribution in [2.75, 3.05) is 52.4 Å². The van der Waals surface area contributed by atoms with E-state index in [1.165, 1.54) is 11.1 Å². The second kappa shape index (κ2) is 13.4. The number of rotatable bonds is 8. The second-order valence-corrected chi connectivity index (χ2v) is 7.05. The van der Waals surface area contributed by atoms with Crippen molar-refractivity contribution in [1.82, 2.24) is 10.2 Å². The molecule has 0 aliphatic carbocycles. The molecule has 0 atom stereocenters. The molecule has 7 nitrogen and oxygen atoms in total. The predicted octanol–water partition coefficient (Wildman–Crippen LogP) is 3.73. The number of nitrogens with zero attached hydrogens (tertiary/aromatic N) is 2. The third kappa shape index (κ3) is 7.55. The van der Waals surface area contributed by atoms with Crippen LogP contribution in [0.1, 0.15) is 18.1 Å². The van der Waals surface area contributed by atoms with Gasteiger partial charge in [0.15, 0.2) is 17.5 Å². The Balaban J connectivity index is 0.00000341. The van der Waals surface area contributed by atoms with Gasteiger partial charge in [0.05, 0.1) is 34.0 Å². The third-order valence-electron chi connectivity index (χ3n) is 5.01. The van der Waals surface area contributed by atoms with Crippen LogP contribution in [0.4, 0.5) is 5.69 Å². The number of guanidine groups is 1. The maximum atomic E-state index is 5.46. The zero-order valence-electron chi connectivity index (χ0n) is 18.5. The fourth-order valence-corrected chi connectivity index (χ4v) is 3.39. The number of hydrogen-bond donors (Lipinski definition) is 2. The van der Waals surface area contributed by atoms with Crippen LogP contribution in [0.3, 0.4) is 0 Å². The van der Waals surface area contributed by atoms with Crippen LogP contribution < -0.4 is 20.1 Å². The fraction of sp³-hybridized carbons (Fsp3) is 0.435. The topological polar surface area (TPSA) is 67.4 Å². The van der Waals surface area contributed by atoms with E-state index in [2.05, 4.69) is 46.7 Å². The fourth-order valence-electron chi connectivity index (χ4n) is 3.39. The summed E-state index contributed by atoms with van der Waals surface area (Å²) >= 11 is 0. The van der Waals surface area contributed by atoms with Gasteiger partial charge in [0.2, 0.25) is 0 Å². The highest BCUT2D eigenvalue weighted by Crippen LogP contribution is 2.29. The van der Waals surface area contributed by atoms with Crippen LogP contribution in [0.2, 0.25) is 0 Å². The van der Waals surface area contributed by atoms with Crippen LogP contribution >= 0.6 is 24.0 Å². The van der Waals surface area contributed by atoms with Gasteiger partial charge in [-0.3, -0.25) is 4.90 Å². The number of hydrogen-bond acceptors (Lipinski definition) is 5. The van der Waals surface area contributed by atoms with Crippen LogP contribution in [0.15, 0.2) is 47.5 Å². The molecular formula is C23H33IN4O3. The van der Waals surface area contributed by atoms with E-state index in [0.29, 0.717) is 18.0 Å². The molecule has 0 aromatic heterocycles. The van der Waals surface area contributed by atoms with Gasteiger partial charge in [-0.1, -0.05) is 24.3 Å². The first-order chi connectivity index (χ1) is 14.7. The second-order valence-electron chi connectivity index (χ2n) is 7.05. The predicted molar refractivity (Wildman–Crippen MR) is 136 cm³/mol. The van der Waals surface area contributed by atoms with E-state index < -0.39 is 0 Å². The number of methoxy groups -OCH3 is 2. The maximum Gasteiger partial charge on any atom is 0.196 e. The van der Waals surface area contributed by atoms with Crippen molar-refractivity contribution in [3.63, 3.8) is 0 Å². The number of nitrogens with one attached hydrogen (secondary N) is 2. The summed E-state index contributed by atoms with van der Waals surface area (Å²) in [4.78, 5) is 7.24. The molecule has 0 saturated carbocycles. The summed E-state index contributed by atoms with van der Waals surface area (Å²) in [5.41, 5.74) is 3.42. The minimum absolute atomic E-state index is 0. The Labute approximate surface area is 202 Å². The van der Waals surface area contributed by atoms with Gasteiger partial charge in [-0.05, 0) is 30.2 Å². The number of ether oxygens (including phenoxy) is 3. The Kier molecular flexibility index (Phi) is 10.9. The lowest BCUT2D eigenvalue weighted by molar-refractivity contribution is 0.0341. The molecule has 0 amide bonds. The number of anilines is 1. The average molecular weight is 540 g/mol. The van der Waals surface area contributed by atoms with E-state index in [-0.39, 0.29) is 24.0 Å². The summed E-state index contributed by atoms with van der Waals surface area (Å²) in [5.74, 6) is 2.10. The zero-order valence-corrected chi connectivity index (χ0v) is 20.8. The van der Waals surface area contributed by atoms with Crippen LogP contribution in [0.25, 0.3) is 0 Å². The van der Waals surface area contributed by atoms with E-state index in [4.69, 9.17) is 19.2 Å². The summed E-state index contributed by atoms with van der Waals surface area (Å²) in [5, 5.41) is 6.66. The van der Waals surface area contributed by atoms with Gasteiger partial charge in [-0.15, -0.1) is 24.0 Å². The molecule has 1 heterocycles. The van der Waals surface area contributed by atoms with E-state index in [0.717, 1.165) is 51.0 Å². The molecule has 0 radical (unpaired) electrons. The molecule has 1 aliphatic rings. The molecule has 2 aromatic rings. The highest BCUT2D eigenvalue weighted by atomic mass is 127. The molecule has 8 heteroatoms. The summed E-state index contributed by atoms with van der Waals surface area (Å²) < 4.78 is 16.2. The normalized spacial score (nSPS) is 14.5. The van der Waals surface area contributed by atoms with E-state index in [1.54, 1.807) is 14.2 Å². The molecule has 2 N–H and O–H groups in total. The molecule has 31 heavy (non-hydrogen) atoms. The van der Waals surface area contributed by atoms with Crippen molar-refractivity contribution in [3.05, 3.63) is 53.6 Å². The van der Waals surface area contributed by atoms with Crippen LogP contribution in [0.5, 0.6) is 11.5 Å². The van der Waals surface area contributed by atoms with Crippen molar-refractivity contribution in [2.45, 2.75) is 20.0 Å². The molecule has 0 unspecified atom stereocenters. The van der Waals surface area contributed by atoms with E-state index in [9.17, 15) is 0 Å². The first-order valence-corrected chi connectivity index (χ1v) is 10.4. The van der Waals surface area contributed by atoms with Gasteiger partial charge >= 0.3 is 0 Å². The van der Waals surface area contributed by atoms with Crippen LogP contribution in [-0.2, 0) is 17.8 Å². The quantitative estimate of drug-likeness (QED) is 0.302. The molecule has 2 aromatic carbocycles. The molecule has 1 aliphatic heterocycles. The van der Waals surface area contributed by atoms with Crippen molar-refractivity contribution in [1.29, 1.82) is 0 Å². The highest BCUT2D eigenvalue weighted by Gasteiger charge is 2.13. The highest BCUT2D eigenvalue weighted by molar-refractivity contribution is 14.0. The SMILES string of the molecule is CCNC(=NCc1ccccc1CN1CCOCC1)Nc1ccc(OC)c(OC)c1.I. The van der Waals surface area contributed by atoms with Crippen LogP contribution in [0, 0.1) is 0 Å².